The van der Waals surface area contributed by atoms with Crippen molar-refractivity contribution in [3.05, 3.63) is 59.3 Å². The second kappa shape index (κ2) is 6.41. The van der Waals surface area contributed by atoms with Gasteiger partial charge in [0.25, 0.3) is 0 Å². The number of hydrogen-bond acceptors (Lipinski definition) is 3. The number of pyridine rings is 1. The van der Waals surface area contributed by atoms with E-state index in [0.717, 1.165) is 21.6 Å². The fourth-order valence-corrected chi connectivity index (χ4v) is 2.38. The van der Waals surface area contributed by atoms with Crippen LogP contribution in [0.15, 0.2) is 58.6 Å². The average molecular weight is 292 g/mol. The Morgan fingerprint density at radius 3 is 2.68 bits per heavy atom. The van der Waals surface area contributed by atoms with Gasteiger partial charge in [0.15, 0.2) is 0 Å². The Hall–Kier alpha value is -1.78. The number of hydrogen-bond donors (Lipinski definition) is 1. The maximum absolute atomic E-state index is 10.6. The van der Waals surface area contributed by atoms with Gasteiger partial charge in [-0.2, -0.15) is 0 Å². The number of halogens is 1. The van der Waals surface area contributed by atoms with Crippen LogP contribution in [0, 0.1) is 0 Å². The molecule has 2 rings (SSSR count). The zero-order valence-corrected chi connectivity index (χ0v) is 11.4. The molecule has 1 aromatic heterocycles. The number of aromatic nitrogens is 1. The van der Waals surface area contributed by atoms with Gasteiger partial charge >= 0.3 is 5.97 Å². The van der Waals surface area contributed by atoms with Crippen LogP contribution in [-0.2, 0) is 4.79 Å². The van der Waals surface area contributed by atoms with Crippen LogP contribution < -0.4 is 0 Å². The molecule has 2 aromatic rings. The summed E-state index contributed by atoms with van der Waals surface area (Å²) in [6.45, 7) is 0. The van der Waals surface area contributed by atoms with Crippen molar-refractivity contribution in [3.63, 3.8) is 0 Å². The van der Waals surface area contributed by atoms with Gasteiger partial charge < -0.3 is 5.11 Å². The molecule has 1 aromatic carbocycles. The van der Waals surface area contributed by atoms with Gasteiger partial charge in [-0.15, -0.1) is 0 Å². The highest BCUT2D eigenvalue weighted by molar-refractivity contribution is 7.99. The van der Waals surface area contributed by atoms with Crippen LogP contribution in [-0.4, -0.2) is 16.1 Å². The van der Waals surface area contributed by atoms with E-state index in [-0.39, 0.29) is 0 Å². The molecule has 0 saturated carbocycles. The number of rotatable bonds is 4. The lowest BCUT2D eigenvalue weighted by atomic mass is 10.2. The van der Waals surface area contributed by atoms with Gasteiger partial charge in [0.2, 0.25) is 0 Å². The smallest absolute Gasteiger partial charge is 0.328 e. The summed E-state index contributed by atoms with van der Waals surface area (Å²) in [4.78, 5) is 15.8. The molecule has 0 saturated heterocycles. The Morgan fingerprint density at radius 1 is 1.26 bits per heavy atom. The SMILES string of the molecule is O=C(O)C=Cc1cccnc1Sc1ccc(Cl)cc1. The second-order valence-electron chi connectivity index (χ2n) is 3.63. The quantitative estimate of drug-likeness (QED) is 0.866. The number of carboxylic acids is 1. The predicted octanol–water partition coefficient (Wildman–Crippen LogP) is 3.98. The minimum atomic E-state index is -0.980. The van der Waals surface area contributed by atoms with E-state index in [9.17, 15) is 4.79 Å². The molecule has 0 aliphatic rings. The van der Waals surface area contributed by atoms with Crippen molar-refractivity contribution < 1.29 is 9.90 Å². The van der Waals surface area contributed by atoms with Crippen molar-refractivity contribution in [1.82, 2.24) is 4.98 Å². The van der Waals surface area contributed by atoms with E-state index in [1.54, 1.807) is 24.4 Å². The summed E-state index contributed by atoms with van der Waals surface area (Å²) in [7, 11) is 0. The summed E-state index contributed by atoms with van der Waals surface area (Å²) in [5.74, 6) is -0.980. The molecule has 0 aliphatic carbocycles. The molecule has 0 atom stereocenters. The molecule has 3 nitrogen and oxygen atoms in total. The number of benzene rings is 1. The molecule has 0 amide bonds. The fraction of sp³-hybridized carbons (Fsp3) is 0. The third kappa shape index (κ3) is 4.12. The van der Waals surface area contributed by atoms with Crippen molar-refractivity contribution >= 4 is 35.4 Å². The molecule has 1 heterocycles. The van der Waals surface area contributed by atoms with Gasteiger partial charge in [0.1, 0.15) is 5.03 Å². The summed E-state index contributed by atoms with van der Waals surface area (Å²) in [5.41, 5.74) is 0.768. The van der Waals surface area contributed by atoms with Gasteiger partial charge in [-0.25, -0.2) is 9.78 Å². The summed E-state index contributed by atoms with van der Waals surface area (Å²) < 4.78 is 0. The highest BCUT2D eigenvalue weighted by Gasteiger charge is 2.03. The largest absolute Gasteiger partial charge is 0.478 e. The maximum atomic E-state index is 10.6. The highest BCUT2D eigenvalue weighted by Crippen LogP contribution is 2.29. The van der Waals surface area contributed by atoms with Crippen LogP contribution in [0.4, 0.5) is 0 Å². The number of carbonyl (C=O) groups is 1. The van der Waals surface area contributed by atoms with Crippen molar-refractivity contribution in [1.29, 1.82) is 0 Å². The normalized spacial score (nSPS) is 10.8. The Kier molecular flexibility index (Phi) is 4.60. The fourth-order valence-electron chi connectivity index (χ4n) is 1.39. The third-order valence-corrected chi connectivity index (χ3v) is 3.53. The Morgan fingerprint density at radius 2 is 2.00 bits per heavy atom. The van der Waals surface area contributed by atoms with E-state index >= 15 is 0 Å². The standard InChI is InChI=1S/C14H10ClNO2S/c15-11-4-6-12(7-5-11)19-14-10(2-1-9-16-14)3-8-13(17)18/h1-9H,(H,17,18). The van der Waals surface area contributed by atoms with E-state index in [1.807, 2.05) is 18.2 Å². The van der Waals surface area contributed by atoms with Crippen molar-refractivity contribution in [2.45, 2.75) is 9.92 Å². The molecule has 0 unspecified atom stereocenters. The zero-order chi connectivity index (χ0) is 13.7. The first kappa shape index (κ1) is 13.6. The van der Waals surface area contributed by atoms with E-state index in [1.165, 1.54) is 17.8 Å². The molecule has 0 spiro atoms. The monoisotopic (exact) mass is 291 g/mol. The number of nitrogens with zero attached hydrogens (tertiary/aromatic N) is 1. The summed E-state index contributed by atoms with van der Waals surface area (Å²) in [6, 6.07) is 11.0. The van der Waals surface area contributed by atoms with E-state index in [4.69, 9.17) is 16.7 Å². The van der Waals surface area contributed by atoms with Gasteiger partial charge in [0, 0.05) is 27.8 Å². The third-order valence-electron chi connectivity index (χ3n) is 2.23. The van der Waals surface area contributed by atoms with Crippen LogP contribution in [0.1, 0.15) is 5.56 Å². The van der Waals surface area contributed by atoms with E-state index < -0.39 is 5.97 Å². The minimum absolute atomic E-state index is 0.677. The van der Waals surface area contributed by atoms with Gasteiger partial charge in [0.05, 0.1) is 0 Å². The molecule has 0 aliphatic heterocycles. The Balaban J connectivity index is 2.24. The highest BCUT2D eigenvalue weighted by atomic mass is 35.5. The average Bonchev–Trinajstić information content (AvgIpc) is 2.40. The lowest BCUT2D eigenvalue weighted by molar-refractivity contribution is -0.131. The van der Waals surface area contributed by atoms with Gasteiger partial charge in [-0.3, -0.25) is 0 Å². The molecule has 0 fully saturated rings. The molecule has 1 N–H and O–H groups in total. The topological polar surface area (TPSA) is 50.2 Å². The number of carboxylic acid groups (broad SMARTS) is 1. The molecular weight excluding hydrogens is 282 g/mol. The van der Waals surface area contributed by atoms with E-state index in [0.29, 0.717) is 5.02 Å². The predicted molar refractivity (Wildman–Crippen MR) is 76.5 cm³/mol. The summed E-state index contributed by atoms with van der Waals surface area (Å²) >= 11 is 7.29. The zero-order valence-electron chi connectivity index (χ0n) is 9.79. The molecule has 0 bridgehead atoms. The van der Waals surface area contributed by atoms with Crippen molar-refractivity contribution in [2.75, 3.05) is 0 Å². The van der Waals surface area contributed by atoms with Gasteiger partial charge in [-0.1, -0.05) is 29.4 Å². The maximum Gasteiger partial charge on any atom is 0.328 e. The van der Waals surface area contributed by atoms with Crippen LogP contribution in [0.3, 0.4) is 0 Å². The van der Waals surface area contributed by atoms with Crippen LogP contribution >= 0.6 is 23.4 Å². The van der Waals surface area contributed by atoms with E-state index in [2.05, 4.69) is 4.98 Å². The summed E-state index contributed by atoms with van der Waals surface area (Å²) in [5, 5.41) is 10.1. The minimum Gasteiger partial charge on any atom is -0.478 e. The van der Waals surface area contributed by atoms with Crippen LogP contribution in [0.2, 0.25) is 5.02 Å². The molecule has 19 heavy (non-hydrogen) atoms. The molecular formula is C14H10ClNO2S. The molecule has 0 radical (unpaired) electrons. The Labute approximate surface area is 119 Å². The molecule has 96 valence electrons. The lowest BCUT2D eigenvalue weighted by Crippen LogP contribution is -1.88. The first-order valence-corrected chi connectivity index (χ1v) is 6.64. The lowest BCUT2D eigenvalue weighted by Gasteiger charge is -2.04. The second-order valence-corrected chi connectivity index (χ2v) is 5.12. The first-order chi connectivity index (χ1) is 9.15. The van der Waals surface area contributed by atoms with Crippen molar-refractivity contribution in [3.8, 4) is 0 Å². The number of aliphatic carboxylic acids is 1. The van der Waals surface area contributed by atoms with Gasteiger partial charge in [-0.05, 0) is 36.4 Å². The molecule has 5 heteroatoms. The summed E-state index contributed by atoms with van der Waals surface area (Å²) in [6.07, 6.45) is 4.31. The van der Waals surface area contributed by atoms with Crippen LogP contribution in [0.5, 0.6) is 0 Å². The van der Waals surface area contributed by atoms with Crippen LogP contribution in [0.25, 0.3) is 6.08 Å². The first-order valence-electron chi connectivity index (χ1n) is 5.44. The van der Waals surface area contributed by atoms with Crippen molar-refractivity contribution in [2.24, 2.45) is 0 Å². The Bertz CT molecular complexity index is 611.